The summed E-state index contributed by atoms with van der Waals surface area (Å²) in [5.41, 5.74) is 1.82. The molecule has 6 heteroatoms. The number of hydrogen-bond acceptors (Lipinski definition) is 5. The zero-order chi connectivity index (χ0) is 11.7. The fraction of sp³-hybridized carbons (Fsp3) is 0.273. The van der Waals surface area contributed by atoms with Crippen LogP contribution in [-0.2, 0) is 13.0 Å². The van der Waals surface area contributed by atoms with Gasteiger partial charge in [0.1, 0.15) is 0 Å². The van der Waals surface area contributed by atoms with Crippen LogP contribution in [-0.4, -0.2) is 17.4 Å². The first-order chi connectivity index (χ1) is 8.33. The van der Waals surface area contributed by atoms with E-state index < -0.39 is 0 Å². The highest BCUT2D eigenvalue weighted by molar-refractivity contribution is 7.16. The van der Waals surface area contributed by atoms with Gasteiger partial charge in [0.05, 0.1) is 11.3 Å². The third-order valence-electron chi connectivity index (χ3n) is 2.61. The smallest absolute Gasteiger partial charge is 0.258 e. The Morgan fingerprint density at radius 3 is 3.24 bits per heavy atom. The van der Waals surface area contributed by atoms with Crippen molar-refractivity contribution < 1.29 is 4.79 Å². The van der Waals surface area contributed by atoms with Crippen LogP contribution in [0.15, 0.2) is 16.8 Å². The molecule has 2 aromatic rings. The molecule has 0 aliphatic carbocycles. The Bertz CT molecular complexity index is 509. The van der Waals surface area contributed by atoms with E-state index in [0.717, 1.165) is 25.2 Å². The van der Waals surface area contributed by atoms with Gasteiger partial charge in [0.25, 0.3) is 5.91 Å². The van der Waals surface area contributed by atoms with E-state index in [4.69, 9.17) is 0 Å². The Kier molecular flexibility index (Phi) is 2.92. The Labute approximate surface area is 107 Å². The van der Waals surface area contributed by atoms with Crippen LogP contribution in [0.4, 0.5) is 5.13 Å². The summed E-state index contributed by atoms with van der Waals surface area (Å²) in [6.45, 7) is 1.83. The van der Waals surface area contributed by atoms with Gasteiger partial charge in [0, 0.05) is 29.8 Å². The number of nitrogens with zero attached hydrogens (tertiary/aromatic N) is 1. The fourth-order valence-electron chi connectivity index (χ4n) is 1.74. The van der Waals surface area contributed by atoms with Crippen LogP contribution in [0.3, 0.4) is 0 Å². The van der Waals surface area contributed by atoms with Crippen molar-refractivity contribution in [3.8, 4) is 0 Å². The number of carbonyl (C=O) groups is 1. The standard InChI is InChI=1S/C11H11N3OS2/c15-10(7-2-4-16-6-7)14-11-13-8-1-3-12-5-9(8)17-11/h2,4,6,12H,1,3,5H2,(H,13,14,15). The lowest BCUT2D eigenvalue weighted by Crippen LogP contribution is -2.22. The number of hydrogen-bond donors (Lipinski definition) is 2. The van der Waals surface area contributed by atoms with Crippen molar-refractivity contribution in [2.24, 2.45) is 0 Å². The first-order valence-electron chi connectivity index (χ1n) is 5.36. The van der Waals surface area contributed by atoms with E-state index in [1.54, 1.807) is 11.3 Å². The van der Waals surface area contributed by atoms with E-state index in [0.29, 0.717) is 10.7 Å². The molecule has 1 aliphatic heterocycles. The molecule has 0 aromatic carbocycles. The van der Waals surface area contributed by atoms with E-state index in [1.807, 2.05) is 16.8 Å². The van der Waals surface area contributed by atoms with E-state index in [1.165, 1.54) is 16.2 Å². The Balaban J connectivity index is 1.77. The summed E-state index contributed by atoms with van der Waals surface area (Å²) < 4.78 is 0. The maximum Gasteiger partial charge on any atom is 0.258 e. The van der Waals surface area contributed by atoms with Gasteiger partial charge < -0.3 is 5.32 Å². The van der Waals surface area contributed by atoms with Gasteiger partial charge >= 0.3 is 0 Å². The van der Waals surface area contributed by atoms with Crippen LogP contribution >= 0.6 is 22.7 Å². The zero-order valence-corrected chi connectivity index (χ0v) is 10.7. The van der Waals surface area contributed by atoms with Gasteiger partial charge in [0.15, 0.2) is 5.13 Å². The molecule has 0 fully saturated rings. The molecular weight excluding hydrogens is 254 g/mol. The third-order valence-corrected chi connectivity index (χ3v) is 4.30. The van der Waals surface area contributed by atoms with Crippen molar-refractivity contribution in [1.82, 2.24) is 10.3 Å². The van der Waals surface area contributed by atoms with Crippen molar-refractivity contribution in [3.63, 3.8) is 0 Å². The molecule has 0 saturated heterocycles. The average molecular weight is 265 g/mol. The molecule has 0 atom stereocenters. The maximum absolute atomic E-state index is 11.8. The highest BCUT2D eigenvalue weighted by Crippen LogP contribution is 2.25. The van der Waals surface area contributed by atoms with Crippen LogP contribution in [0.25, 0.3) is 0 Å². The van der Waals surface area contributed by atoms with Crippen molar-refractivity contribution in [1.29, 1.82) is 0 Å². The van der Waals surface area contributed by atoms with Crippen LogP contribution < -0.4 is 10.6 Å². The minimum absolute atomic E-state index is 0.0784. The van der Waals surface area contributed by atoms with Gasteiger partial charge in [-0.05, 0) is 11.4 Å². The summed E-state index contributed by atoms with van der Waals surface area (Å²) in [5, 5.41) is 10.6. The molecule has 1 amide bonds. The molecule has 0 bridgehead atoms. The van der Waals surface area contributed by atoms with Crippen LogP contribution in [0.2, 0.25) is 0 Å². The molecule has 17 heavy (non-hydrogen) atoms. The predicted octanol–water partition coefficient (Wildman–Crippen LogP) is 2.10. The SMILES string of the molecule is O=C(Nc1nc2c(s1)CNCC2)c1ccsc1. The van der Waals surface area contributed by atoms with Crippen LogP contribution in [0.5, 0.6) is 0 Å². The lowest BCUT2D eigenvalue weighted by molar-refractivity contribution is 0.102. The monoisotopic (exact) mass is 265 g/mol. The summed E-state index contributed by atoms with van der Waals surface area (Å²) in [6.07, 6.45) is 0.945. The van der Waals surface area contributed by atoms with Crippen molar-refractivity contribution in [2.45, 2.75) is 13.0 Å². The fourth-order valence-corrected chi connectivity index (χ4v) is 3.35. The molecular formula is C11H11N3OS2. The molecule has 0 radical (unpaired) electrons. The maximum atomic E-state index is 11.8. The zero-order valence-electron chi connectivity index (χ0n) is 9.03. The number of rotatable bonds is 2. The Morgan fingerprint density at radius 1 is 1.53 bits per heavy atom. The number of aromatic nitrogens is 1. The molecule has 3 rings (SSSR count). The molecule has 0 unspecified atom stereocenters. The topological polar surface area (TPSA) is 54.0 Å². The first kappa shape index (κ1) is 10.9. The second-order valence-electron chi connectivity index (χ2n) is 3.78. The van der Waals surface area contributed by atoms with Gasteiger partial charge in [0.2, 0.25) is 0 Å². The van der Waals surface area contributed by atoms with E-state index in [-0.39, 0.29) is 5.91 Å². The van der Waals surface area contributed by atoms with Crippen molar-refractivity contribution in [2.75, 3.05) is 11.9 Å². The summed E-state index contributed by atoms with van der Waals surface area (Å²) in [6, 6.07) is 1.81. The number of nitrogens with one attached hydrogen (secondary N) is 2. The lowest BCUT2D eigenvalue weighted by Gasteiger charge is -2.09. The summed E-state index contributed by atoms with van der Waals surface area (Å²) in [4.78, 5) is 17.5. The van der Waals surface area contributed by atoms with Gasteiger partial charge in [-0.1, -0.05) is 0 Å². The highest BCUT2D eigenvalue weighted by atomic mass is 32.1. The van der Waals surface area contributed by atoms with Crippen molar-refractivity contribution >= 4 is 33.7 Å². The number of thiazole rings is 1. The quantitative estimate of drug-likeness (QED) is 0.874. The van der Waals surface area contributed by atoms with Gasteiger partial charge in [-0.15, -0.1) is 11.3 Å². The van der Waals surface area contributed by atoms with Gasteiger partial charge in [-0.3, -0.25) is 10.1 Å². The average Bonchev–Trinajstić information content (AvgIpc) is 2.97. The molecule has 88 valence electrons. The molecule has 1 aliphatic rings. The van der Waals surface area contributed by atoms with Crippen LogP contribution in [0, 0.1) is 0 Å². The number of fused-ring (bicyclic) bond motifs is 1. The lowest BCUT2D eigenvalue weighted by atomic mass is 10.2. The van der Waals surface area contributed by atoms with Gasteiger partial charge in [-0.25, -0.2) is 4.98 Å². The molecule has 2 aromatic heterocycles. The summed E-state index contributed by atoms with van der Waals surface area (Å²) in [5.74, 6) is -0.0784. The van der Waals surface area contributed by atoms with E-state index >= 15 is 0 Å². The normalized spacial score (nSPS) is 14.4. The molecule has 0 spiro atoms. The molecule has 2 N–H and O–H groups in total. The highest BCUT2D eigenvalue weighted by Gasteiger charge is 2.16. The third kappa shape index (κ3) is 2.24. The number of anilines is 1. The summed E-state index contributed by atoms with van der Waals surface area (Å²) in [7, 11) is 0. The molecule has 0 saturated carbocycles. The van der Waals surface area contributed by atoms with Crippen molar-refractivity contribution in [3.05, 3.63) is 33.0 Å². The second kappa shape index (κ2) is 4.56. The molecule has 3 heterocycles. The Morgan fingerprint density at radius 2 is 2.47 bits per heavy atom. The van der Waals surface area contributed by atoms with Crippen LogP contribution in [0.1, 0.15) is 20.9 Å². The first-order valence-corrected chi connectivity index (χ1v) is 7.12. The second-order valence-corrected chi connectivity index (χ2v) is 5.65. The Hall–Kier alpha value is -1.24. The number of amides is 1. The largest absolute Gasteiger partial charge is 0.311 e. The summed E-state index contributed by atoms with van der Waals surface area (Å²) >= 11 is 3.08. The van der Waals surface area contributed by atoms with E-state index in [2.05, 4.69) is 15.6 Å². The molecule has 4 nitrogen and oxygen atoms in total. The number of thiophene rings is 1. The van der Waals surface area contributed by atoms with Gasteiger partial charge in [-0.2, -0.15) is 11.3 Å². The minimum Gasteiger partial charge on any atom is -0.311 e. The predicted molar refractivity (Wildman–Crippen MR) is 69.8 cm³/mol. The van der Waals surface area contributed by atoms with E-state index in [9.17, 15) is 4.79 Å². The minimum atomic E-state index is -0.0784. The number of carbonyl (C=O) groups excluding carboxylic acids is 1.